The maximum Gasteiger partial charge on any atom is 0.260 e. The second kappa shape index (κ2) is 8.25. The van der Waals surface area contributed by atoms with E-state index in [2.05, 4.69) is 20.6 Å². The van der Waals surface area contributed by atoms with Gasteiger partial charge in [-0.15, -0.1) is 0 Å². The molecule has 0 aliphatic carbocycles. The molecule has 1 fully saturated rings. The maximum atomic E-state index is 13.3. The van der Waals surface area contributed by atoms with Crippen molar-refractivity contribution < 1.29 is 9.59 Å². The molecule has 0 radical (unpaired) electrons. The molecule has 0 atom stereocenters. The van der Waals surface area contributed by atoms with Crippen LogP contribution in [0.4, 0.5) is 17.5 Å². The SMILES string of the molecule is CNCc1nc(NC)cc2c1CN(c1cccc(-c3cnc(N4CCC4=O)cc3C)n1)C2=O. The van der Waals surface area contributed by atoms with Crippen molar-refractivity contribution in [3.8, 4) is 11.3 Å². The van der Waals surface area contributed by atoms with Crippen LogP contribution in [0.5, 0.6) is 0 Å². The summed E-state index contributed by atoms with van der Waals surface area (Å²) in [6.45, 7) is 3.68. The monoisotopic (exact) mass is 443 g/mol. The lowest BCUT2D eigenvalue weighted by Gasteiger charge is -2.29. The Hall–Kier alpha value is -3.85. The van der Waals surface area contributed by atoms with Crippen molar-refractivity contribution in [2.45, 2.75) is 26.4 Å². The molecule has 5 heterocycles. The van der Waals surface area contributed by atoms with E-state index >= 15 is 0 Å². The van der Waals surface area contributed by atoms with Gasteiger partial charge in [-0.3, -0.25) is 19.4 Å². The largest absolute Gasteiger partial charge is 0.373 e. The fourth-order valence-corrected chi connectivity index (χ4v) is 4.23. The Kier molecular flexibility index (Phi) is 5.26. The molecule has 2 aliphatic rings. The van der Waals surface area contributed by atoms with Gasteiger partial charge in [-0.1, -0.05) is 6.07 Å². The maximum absolute atomic E-state index is 13.3. The molecule has 3 aromatic heterocycles. The van der Waals surface area contributed by atoms with Gasteiger partial charge in [0.2, 0.25) is 5.91 Å². The molecule has 3 aromatic rings. The van der Waals surface area contributed by atoms with Crippen molar-refractivity contribution >= 4 is 29.3 Å². The van der Waals surface area contributed by atoms with Crippen molar-refractivity contribution in [1.29, 1.82) is 0 Å². The minimum absolute atomic E-state index is 0.0904. The molecule has 2 amide bonds. The summed E-state index contributed by atoms with van der Waals surface area (Å²) in [5.74, 6) is 1.91. The minimum atomic E-state index is -0.0904. The summed E-state index contributed by atoms with van der Waals surface area (Å²) in [5.41, 5.74) is 4.98. The van der Waals surface area contributed by atoms with E-state index in [-0.39, 0.29) is 11.8 Å². The average molecular weight is 444 g/mol. The second-order valence-electron chi connectivity index (χ2n) is 8.19. The number of carbonyl (C=O) groups excluding carboxylic acids is 2. The number of nitrogens with zero attached hydrogens (tertiary/aromatic N) is 5. The third-order valence-corrected chi connectivity index (χ3v) is 6.11. The first-order valence-electron chi connectivity index (χ1n) is 10.9. The fourth-order valence-electron chi connectivity index (χ4n) is 4.23. The molecule has 0 aromatic carbocycles. The number of aromatic nitrogens is 3. The van der Waals surface area contributed by atoms with Crippen molar-refractivity contribution in [3.63, 3.8) is 0 Å². The number of anilines is 3. The summed E-state index contributed by atoms with van der Waals surface area (Å²) in [4.78, 5) is 42.3. The Labute approximate surface area is 191 Å². The Morgan fingerprint density at radius 3 is 2.55 bits per heavy atom. The number of β-lactam (4-membered cyclic amide) rings is 1. The summed E-state index contributed by atoms with van der Waals surface area (Å²) < 4.78 is 0. The van der Waals surface area contributed by atoms with Crippen LogP contribution < -0.4 is 20.4 Å². The van der Waals surface area contributed by atoms with Crippen molar-refractivity contribution in [2.75, 3.05) is 35.8 Å². The molecule has 0 saturated carbocycles. The van der Waals surface area contributed by atoms with Crippen LogP contribution >= 0.6 is 0 Å². The zero-order valence-corrected chi connectivity index (χ0v) is 18.8. The number of rotatable bonds is 6. The van der Waals surface area contributed by atoms with Crippen LogP contribution in [0.1, 0.15) is 33.6 Å². The van der Waals surface area contributed by atoms with E-state index < -0.39 is 0 Å². The summed E-state index contributed by atoms with van der Waals surface area (Å²) in [6, 6.07) is 9.35. The summed E-state index contributed by atoms with van der Waals surface area (Å²) in [5, 5.41) is 6.16. The molecule has 9 heteroatoms. The molecule has 9 nitrogen and oxygen atoms in total. The zero-order valence-electron chi connectivity index (χ0n) is 18.8. The minimum Gasteiger partial charge on any atom is -0.373 e. The molecule has 168 valence electrons. The lowest BCUT2D eigenvalue weighted by Crippen LogP contribution is -2.43. The molecule has 0 unspecified atom stereocenters. The van der Waals surface area contributed by atoms with Crippen LogP contribution in [0.2, 0.25) is 0 Å². The average Bonchev–Trinajstić information content (AvgIpc) is 3.15. The number of amides is 2. The van der Waals surface area contributed by atoms with Gasteiger partial charge in [0.1, 0.15) is 17.5 Å². The van der Waals surface area contributed by atoms with Crippen molar-refractivity contribution in [2.24, 2.45) is 0 Å². The molecule has 0 spiro atoms. The second-order valence-corrected chi connectivity index (χ2v) is 8.19. The highest BCUT2D eigenvalue weighted by Crippen LogP contribution is 2.33. The van der Waals surface area contributed by atoms with Crippen LogP contribution in [-0.4, -0.2) is 47.4 Å². The van der Waals surface area contributed by atoms with Gasteiger partial charge in [0.05, 0.1) is 23.5 Å². The first-order valence-corrected chi connectivity index (χ1v) is 10.9. The van der Waals surface area contributed by atoms with Gasteiger partial charge < -0.3 is 10.6 Å². The standard InChI is InChI=1S/C24H25N7O2/c1-14-9-22(30-8-7-23(30)32)27-11-16(14)18-5-4-6-21(29-18)31-13-17-15(24(31)33)10-20(26-3)28-19(17)12-25-2/h4-6,9-11,25H,7-8,12-13H2,1-3H3,(H,26,28). The summed E-state index contributed by atoms with van der Waals surface area (Å²) in [7, 11) is 3.65. The summed E-state index contributed by atoms with van der Waals surface area (Å²) in [6.07, 6.45) is 2.32. The highest BCUT2D eigenvalue weighted by molar-refractivity contribution is 6.10. The first-order chi connectivity index (χ1) is 16.0. The number of hydrogen-bond donors (Lipinski definition) is 2. The van der Waals surface area contributed by atoms with Crippen LogP contribution in [0.15, 0.2) is 36.5 Å². The van der Waals surface area contributed by atoms with E-state index in [9.17, 15) is 9.59 Å². The zero-order chi connectivity index (χ0) is 23.1. The number of carbonyl (C=O) groups is 2. The quantitative estimate of drug-likeness (QED) is 0.564. The lowest BCUT2D eigenvalue weighted by molar-refractivity contribution is -0.122. The van der Waals surface area contributed by atoms with Gasteiger partial charge in [0.25, 0.3) is 5.91 Å². The molecular weight excluding hydrogens is 418 g/mol. The third-order valence-electron chi connectivity index (χ3n) is 6.11. The Morgan fingerprint density at radius 1 is 1.03 bits per heavy atom. The number of pyridine rings is 3. The van der Waals surface area contributed by atoms with Gasteiger partial charge in [-0.05, 0) is 43.8 Å². The third kappa shape index (κ3) is 3.60. The first kappa shape index (κ1) is 21.0. The number of hydrogen-bond acceptors (Lipinski definition) is 7. The van der Waals surface area contributed by atoms with Gasteiger partial charge in [-0.2, -0.15) is 0 Å². The topological polar surface area (TPSA) is 103 Å². The Balaban J connectivity index is 1.47. The van der Waals surface area contributed by atoms with Crippen molar-refractivity contribution in [1.82, 2.24) is 20.3 Å². The van der Waals surface area contributed by atoms with E-state index in [4.69, 9.17) is 4.98 Å². The number of aryl methyl sites for hydroxylation is 1. The molecule has 5 rings (SSSR count). The predicted octanol–water partition coefficient (Wildman–Crippen LogP) is 2.51. The van der Waals surface area contributed by atoms with Crippen LogP contribution in [0.25, 0.3) is 11.3 Å². The Morgan fingerprint density at radius 2 is 1.88 bits per heavy atom. The smallest absolute Gasteiger partial charge is 0.260 e. The number of fused-ring (bicyclic) bond motifs is 1. The highest BCUT2D eigenvalue weighted by Gasteiger charge is 2.33. The van der Waals surface area contributed by atoms with E-state index in [0.29, 0.717) is 49.1 Å². The van der Waals surface area contributed by atoms with E-state index in [1.807, 2.05) is 38.2 Å². The summed E-state index contributed by atoms with van der Waals surface area (Å²) >= 11 is 0. The molecule has 1 saturated heterocycles. The van der Waals surface area contributed by atoms with Crippen LogP contribution in [-0.2, 0) is 17.9 Å². The van der Waals surface area contributed by atoms with Gasteiger partial charge >= 0.3 is 0 Å². The molecule has 33 heavy (non-hydrogen) atoms. The van der Waals surface area contributed by atoms with E-state index in [1.54, 1.807) is 29.1 Å². The van der Waals surface area contributed by atoms with Crippen molar-refractivity contribution in [3.05, 3.63) is 58.9 Å². The van der Waals surface area contributed by atoms with Gasteiger partial charge in [0, 0.05) is 43.9 Å². The lowest BCUT2D eigenvalue weighted by atomic mass is 10.1. The molecular formula is C24H25N7O2. The molecule has 0 bridgehead atoms. The number of nitrogens with one attached hydrogen (secondary N) is 2. The van der Waals surface area contributed by atoms with Crippen LogP contribution in [0, 0.1) is 6.92 Å². The molecule has 2 aliphatic heterocycles. The van der Waals surface area contributed by atoms with E-state index in [1.165, 1.54) is 0 Å². The normalized spacial score (nSPS) is 15.0. The van der Waals surface area contributed by atoms with Gasteiger partial charge in [-0.25, -0.2) is 15.0 Å². The van der Waals surface area contributed by atoms with Crippen LogP contribution in [0.3, 0.4) is 0 Å². The predicted molar refractivity (Wildman–Crippen MR) is 126 cm³/mol. The fraction of sp³-hybridized carbons (Fsp3) is 0.292. The highest BCUT2D eigenvalue weighted by atomic mass is 16.2. The van der Waals surface area contributed by atoms with E-state index in [0.717, 1.165) is 28.1 Å². The Bertz CT molecular complexity index is 1270. The van der Waals surface area contributed by atoms with Gasteiger partial charge in [0.15, 0.2) is 0 Å². The molecule has 2 N–H and O–H groups in total.